The molecule has 0 aliphatic carbocycles. The molecule has 122 valence electrons. The summed E-state index contributed by atoms with van der Waals surface area (Å²) < 4.78 is 5.78. The van der Waals surface area contributed by atoms with Crippen LogP contribution in [0.25, 0.3) is 22.6 Å². The van der Waals surface area contributed by atoms with Gasteiger partial charge in [-0.05, 0) is 23.8 Å². The number of H-pyrrole nitrogens is 1. The average Bonchev–Trinajstić information content (AvgIpc) is 3.13. The summed E-state index contributed by atoms with van der Waals surface area (Å²) in [6, 6.07) is 15.8. The van der Waals surface area contributed by atoms with Crippen LogP contribution in [0.3, 0.4) is 0 Å². The number of aromatic amines is 1. The lowest BCUT2D eigenvalue weighted by molar-refractivity contribution is 0.0277. The Morgan fingerprint density at radius 2 is 1.96 bits per heavy atom. The van der Waals surface area contributed by atoms with Gasteiger partial charge in [-0.25, -0.2) is 4.98 Å². The molecule has 1 aromatic carbocycles. The van der Waals surface area contributed by atoms with Crippen LogP contribution in [-0.4, -0.2) is 34.9 Å². The first-order valence-corrected chi connectivity index (χ1v) is 8.28. The van der Waals surface area contributed by atoms with Crippen molar-refractivity contribution >= 4 is 11.6 Å². The fraction of sp³-hybridized carbons (Fsp3) is 0.222. The van der Waals surface area contributed by atoms with Crippen molar-refractivity contribution in [2.75, 3.05) is 19.7 Å². The average molecular weight is 341 g/mol. The van der Waals surface area contributed by atoms with E-state index in [0.29, 0.717) is 5.15 Å². The molecule has 6 heteroatoms. The number of rotatable bonds is 3. The second-order valence-corrected chi connectivity index (χ2v) is 6.09. The molecule has 0 bridgehead atoms. The molecule has 4 rings (SSSR count). The first-order chi connectivity index (χ1) is 11.8. The molecule has 1 aliphatic rings. The number of morpholine rings is 1. The van der Waals surface area contributed by atoms with Gasteiger partial charge in [0.1, 0.15) is 5.15 Å². The minimum absolute atomic E-state index is 0.123. The molecule has 5 nitrogen and oxygen atoms in total. The zero-order valence-electron chi connectivity index (χ0n) is 13.0. The zero-order chi connectivity index (χ0) is 16.4. The number of pyridine rings is 1. The largest absolute Gasteiger partial charge is 0.371 e. The van der Waals surface area contributed by atoms with Crippen LogP contribution < -0.4 is 5.32 Å². The van der Waals surface area contributed by atoms with E-state index in [-0.39, 0.29) is 6.10 Å². The lowest BCUT2D eigenvalue weighted by Gasteiger charge is -2.24. The van der Waals surface area contributed by atoms with Crippen molar-refractivity contribution < 1.29 is 4.74 Å². The minimum Gasteiger partial charge on any atom is -0.371 e. The maximum absolute atomic E-state index is 5.95. The third-order valence-corrected chi connectivity index (χ3v) is 4.29. The van der Waals surface area contributed by atoms with E-state index in [1.165, 1.54) is 5.56 Å². The molecule has 2 N–H and O–H groups in total. The Morgan fingerprint density at radius 3 is 2.71 bits per heavy atom. The van der Waals surface area contributed by atoms with E-state index in [2.05, 4.69) is 44.8 Å². The summed E-state index contributed by atoms with van der Waals surface area (Å²) in [5, 5.41) is 11.2. The topological polar surface area (TPSA) is 62.8 Å². The van der Waals surface area contributed by atoms with Crippen LogP contribution in [0.4, 0.5) is 0 Å². The second-order valence-electron chi connectivity index (χ2n) is 5.70. The highest BCUT2D eigenvalue weighted by Gasteiger charge is 2.15. The third-order valence-electron chi connectivity index (χ3n) is 4.07. The summed E-state index contributed by atoms with van der Waals surface area (Å²) >= 11 is 5.95. The Hall–Kier alpha value is -2.21. The number of nitrogens with one attached hydrogen (secondary N) is 2. The van der Waals surface area contributed by atoms with Crippen molar-refractivity contribution in [3.63, 3.8) is 0 Å². The predicted molar refractivity (Wildman–Crippen MR) is 93.8 cm³/mol. The van der Waals surface area contributed by atoms with E-state index in [1.807, 2.05) is 18.2 Å². The van der Waals surface area contributed by atoms with Gasteiger partial charge in [0.15, 0.2) is 0 Å². The van der Waals surface area contributed by atoms with Crippen molar-refractivity contribution in [1.82, 2.24) is 20.5 Å². The van der Waals surface area contributed by atoms with Crippen molar-refractivity contribution in [2.45, 2.75) is 6.10 Å². The molecule has 0 spiro atoms. The molecule has 0 radical (unpaired) electrons. The monoisotopic (exact) mass is 340 g/mol. The zero-order valence-corrected chi connectivity index (χ0v) is 13.8. The van der Waals surface area contributed by atoms with Crippen LogP contribution in [0.1, 0.15) is 11.7 Å². The number of hydrogen-bond donors (Lipinski definition) is 2. The molecule has 0 amide bonds. The molecule has 24 heavy (non-hydrogen) atoms. The number of hydrogen-bond acceptors (Lipinski definition) is 4. The van der Waals surface area contributed by atoms with Crippen LogP contribution in [-0.2, 0) is 4.74 Å². The number of nitrogens with zero attached hydrogens (tertiary/aromatic N) is 2. The number of ether oxygens (including phenoxy) is 1. The Bertz CT molecular complexity index is 825. The highest BCUT2D eigenvalue weighted by atomic mass is 35.5. The summed E-state index contributed by atoms with van der Waals surface area (Å²) in [4.78, 5) is 4.30. The maximum Gasteiger partial charge on any atom is 0.129 e. The van der Waals surface area contributed by atoms with E-state index in [9.17, 15) is 0 Å². The summed E-state index contributed by atoms with van der Waals surface area (Å²) in [6.07, 6.45) is 0.123. The summed E-state index contributed by atoms with van der Waals surface area (Å²) in [7, 11) is 0. The molecule has 1 aliphatic heterocycles. The molecular formula is C18H17ClN4O. The highest BCUT2D eigenvalue weighted by Crippen LogP contribution is 2.26. The van der Waals surface area contributed by atoms with Crippen LogP contribution in [0.2, 0.25) is 5.15 Å². The van der Waals surface area contributed by atoms with Gasteiger partial charge in [-0.3, -0.25) is 5.10 Å². The van der Waals surface area contributed by atoms with Gasteiger partial charge in [0.05, 0.1) is 29.8 Å². The molecule has 1 fully saturated rings. The first kappa shape index (κ1) is 15.3. The summed E-state index contributed by atoms with van der Waals surface area (Å²) in [6.45, 7) is 2.52. The van der Waals surface area contributed by atoms with Gasteiger partial charge in [0, 0.05) is 18.7 Å². The van der Waals surface area contributed by atoms with Crippen LogP contribution in [0.5, 0.6) is 0 Å². The number of aromatic nitrogens is 3. The smallest absolute Gasteiger partial charge is 0.129 e. The van der Waals surface area contributed by atoms with Crippen molar-refractivity contribution in [3.05, 3.63) is 59.2 Å². The van der Waals surface area contributed by atoms with Gasteiger partial charge in [0.2, 0.25) is 0 Å². The van der Waals surface area contributed by atoms with E-state index in [0.717, 1.165) is 42.3 Å². The Labute approximate surface area is 145 Å². The van der Waals surface area contributed by atoms with Crippen molar-refractivity contribution in [2.24, 2.45) is 0 Å². The molecule has 1 unspecified atom stereocenters. The predicted octanol–water partition coefficient (Wildman–Crippen LogP) is 3.45. The van der Waals surface area contributed by atoms with E-state index in [4.69, 9.17) is 16.3 Å². The second kappa shape index (κ2) is 6.73. The fourth-order valence-corrected chi connectivity index (χ4v) is 2.97. The number of benzene rings is 1. The molecular weight excluding hydrogens is 324 g/mol. The quantitative estimate of drug-likeness (QED) is 0.717. The number of halogens is 1. The molecule has 1 atom stereocenters. The van der Waals surface area contributed by atoms with Gasteiger partial charge < -0.3 is 10.1 Å². The van der Waals surface area contributed by atoms with Gasteiger partial charge in [-0.1, -0.05) is 41.9 Å². The van der Waals surface area contributed by atoms with Gasteiger partial charge >= 0.3 is 0 Å². The lowest BCUT2D eigenvalue weighted by Crippen LogP contribution is -2.33. The van der Waals surface area contributed by atoms with Gasteiger partial charge in [-0.2, -0.15) is 5.10 Å². The Morgan fingerprint density at radius 1 is 1.08 bits per heavy atom. The molecule has 1 saturated heterocycles. The van der Waals surface area contributed by atoms with Crippen LogP contribution in [0.15, 0.2) is 48.5 Å². The van der Waals surface area contributed by atoms with Crippen molar-refractivity contribution in [3.8, 4) is 22.6 Å². The Kier molecular flexibility index (Phi) is 4.30. The minimum atomic E-state index is 0.123. The van der Waals surface area contributed by atoms with Gasteiger partial charge in [0.25, 0.3) is 0 Å². The summed E-state index contributed by atoms with van der Waals surface area (Å²) in [5.74, 6) is 0. The van der Waals surface area contributed by atoms with Gasteiger partial charge in [-0.15, -0.1) is 0 Å². The standard InChI is InChI=1S/C18H17ClN4O/c19-18-3-1-2-14(21-18)16-10-15(22-23-16)12-4-6-13(7-5-12)17-11-20-8-9-24-17/h1-7,10,17,20H,8-9,11H2,(H,22,23). The lowest BCUT2D eigenvalue weighted by atomic mass is 10.0. The first-order valence-electron chi connectivity index (χ1n) is 7.90. The van der Waals surface area contributed by atoms with E-state index in [1.54, 1.807) is 6.07 Å². The van der Waals surface area contributed by atoms with Crippen molar-refractivity contribution in [1.29, 1.82) is 0 Å². The van der Waals surface area contributed by atoms with E-state index >= 15 is 0 Å². The Balaban J connectivity index is 1.56. The fourth-order valence-electron chi connectivity index (χ4n) is 2.81. The maximum atomic E-state index is 5.95. The molecule has 0 saturated carbocycles. The normalized spacial score (nSPS) is 17.8. The van der Waals surface area contributed by atoms with Crippen LogP contribution in [0, 0.1) is 0 Å². The third kappa shape index (κ3) is 3.19. The summed E-state index contributed by atoms with van der Waals surface area (Å²) in [5.41, 5.74) is 4.72. The van der Waals surface area contributed by atoms with Crippen LogP contribution >= 0.6 is 11.6 Å². The SMILES string of the molecule is Clc1cccc(-c2cc(-c3ccc(C4CNCCO4)cc3)n[nH]2)n1. The molecule has 3 heterocycles. The molecule has 2 aromatic heterocycles. The highest BCUT2D eigenvalue weighted by molar-refractivity contribution is 6.29. The van der Waals surface area contributed by atoms with E-state index < -0.39 is 0 Å². The molecule has 3 aromatic rings.